The second-order valence-corrected chi connectivity index (χ2v) is 4.06. The van der Waals surface area contributed by atoms with E-state index in [0.717, 1.165) is 18.4 Å². The highest BCUT2D eigenvalue weighted by atomic mass is 19.1. The molecular weight excluding hydrogens is 229 g/mol. The first kappa shape index (κ1) is 12.6. The molecule has 2 rings (SSSR count). The van der Waals surface area contributed by atoms with Gasteiger partial charge in [0.05, 0.1) is 12.2 Å². The summed E-state index contributed by atoms with van der Waals surface area (Å²) in [6.07, 6.45) is 5.33. The van der Waals surface area contributed by atoms with E-state index in [1.54, 1.807) is 30.6 Å². The predicted molar refractivity (Wildman–Crippen MR) is 70.0 cm³/mol. The zero-order valence-corrected chi connectivity index (χ0v) is 10.4. The number of hydrogen-bond acceptors (Lipinski definition) is 2. The molecule has 0 aliphatic carbocycles. The molecule has 2 aromatic rings. The summed E-state index contributed by atoms with van der Waals surface area (Å²) in [6, 6.07) is 8.52. The Morgan fingerprint density at radius 3 is 2.83 bits per heavy atom. The average molecular weight is 245 g/mol. The second-order valence-electron chi connectivity index (χ2n) is 4.06. The van der Waals surface area contributed by atoms with Crippen LogP contribution in [0.2, 0.25) is 0 Å². The van der Waals surface area contributed by atoms with E-state index in [0.29, 0.717) is 17.9 Å². The summed E-state index contributed by atoms with van der Waals surface area (Å²) in [4.78, 5) is 4.02. The molecule has 0 bridgehead atoms. The first-order chi connectivity index (χ1) is 8.83. The van der Waals surface area contributed by atoms with Crippen LogP contribution in [-0.2, 0) is 0 Å². The van der Waals surface area contributed by atoms with Crippen molar-refractivity contribution in [1.29, 1.82) is 0 Å². The normalized spacial score (nSPS) is 10.3. The van der Waals surface area contributed by atoms with Gasteiger partial charge >= 0.3 is 0 Å². The Bertz CT molecular complexity index is 499. The van der Waals surface area contributed by atoms with Crippen molar-refractivity contribution in [2.75, 3.05) is 6.61 Å². The van der Waals surface area contributed by atoms with Gasteiger partial charge in [-0.05, 0) is 24.6 Å². The van der Waals surface area contributed by atoms with Crippen molar-refractivity contribution in [3.05, 3.63) is 48.5 Å². The monoisotopic (exact) mass is 245 g/mol. The van der Waals surface area contributed by atoms with E-state index in [-0.39, 0.29) is 5.82 Å². The van der Waals surface area contributed by atoms with Gasteiger partial charge in [0.15, 0.2) is 0 Å². The van der Waals surface area contributed by atoms with Gasteiger partial charge in [-0.3, -0.25) is 4.98 Å². The van der Waals surface area contributed by atoms with Crippen molar-refractivity contribution >= 4 is 0 Å². The Hall–Kier alpha value is -1.90. The molecule has 0 spiro atoms. The number of rotatable bonds is 5. The molecular formula is C15H16FNO. The van der Waals surface area contributed by atoms with E-state index in [2.05, 4.69) is 11.9 Å². The van der Waals surface area contributed by atoms with E-state index >= 15 is 0 Å². The zero-order chi connectivity index (χ0) is 12.8. The lowest BCUT2D eigenvalue weighted by atomic mass is 10.1. The molecule has 1 aromatic carbocycles. The van der Waals surface area contributed by atoms with Gasteiger partial charge < -0.3 is 4.74 Å². The molecule has 0 radical (unpaired) electrons. The molecule has 0 aliphatic heterocycles. The molecule has 0 N–H and O–H groups in total. The van der Waals surface area contributed by atoms with Gasteiger partial charge in [0.1, 0.15) is 11.6 Å². The second kappa shape index (κ2) is 6.15. The molecule has 3 heteroatoms. The van der Waals surface area contributed by atoms with Gasteiger partial charge in [0, 0.05) is 18.0 Å². The van der Waals surface area contributed by atoms with Gasteiger partial charge in [0.2, 0.25) is 0 Å². The summed E-state index contributed by atoms with van der Waals surface area (Å²) < 4.78 is 19.6. The van der Waals surface area contributed by atoms with Crippen LogP contribution in [0.1, 0.15) is 19.8 Å². The lowest BCUT2D eigenvalue weighted by Gasteiger charge is -2.11. The summed E-state index contributed by atoms with van der Waals surface area (Å²) in [6.45, 7) is 2.70. The predicted octanol–water partition coefficient (Wildman–Crippen LogP) is 4.07. The number of ether oxygens (including phenoxy) is 1. The van der Waals surface area contributed by atoms with Crippen molar-refractivity contribution in [3.63, 3.8) is 0 Å². The highest BCUT2D eigenvalue weighted by Gasteiger charge is 2.11. The molecule has 0 aliphatic rings. The van der Waals surface area contributed by atoms with Gasteiger partial charge in [-0.25, -0.2) is 4.39 Å². The topological polar surface area (TPSA) is 22.1 Å². The van der Waals surface area contributed by atoms with Crippen LogP contribution in [0, 0.1) is 5.82 Å². The molecule has 18 heavy (non-hydrogen) atoms. The van der Waals surface area contributed by atoms with Crippen LogP contribution < -0.4 is 4.74 Å². The van der Waals surface area contributed by atoms with Crippen LogP contribution in [0.25, 0.3) is 11.1 Å². The van der Waals surface area contributed by atoms with E-state index < -0.39 is 0 Å². The quantitative estimate of drug-likeness (QED) is 0.741. The minimum Gasteiger partial charge on any atom is -0.493 e. The number of pyridine rings is 1. The van der Waals surface area contributed by atoms with Gasteiger partial charge in [0.25, 0.3) is 0 Å². The molecule has 0 amide bonds. The van der Waals surface area contributed by atoms with Crippen molar-refractivity contribution < 1.29 is 9.13 Å². The van der Waals surface area contributed by atoms with E-state index in [1.165, 1.54) is 6.07 Å². The summed E-state index contributed by atoms with van der Waals surface area (Å²) in [5.74, 6) is 0.299. The molecule has 0 unspecified atom stereocenters. The Morgan fingerprint density at radius 1 is 1.22 bits per heavy atom. The third kappa shape index (κ3) is 2.86. The van der Waals surface area contributed by atoms with Gasteiger partial charge in [-0.1, -0.05) is 25.5 Å². The van der Waals surface area contributed by atoms with E-state index in [9.17, 15) is 4.39 Å². The maximum atomic E-state index is 13.9. The fourth-order valence-electron chi connectivity index (χ4n) is 1.74. The number of halogens is 1. The van der Waals surface area contributed by atoms with Crippen LogP contribution in [0.4, 0.5) is 4.39 Å². The van der Waals surface area contributed by atoms with Crippen LogP contribution >= 0.6 is 0 Å². The standard InChI is InChI=1S/C15H16FNO/c1-2-3-10-18-14-8-4-7-13(16)15(14)12-6-5-9-17-11-12/h4-9,11H,2-3,10H2,1H3. The lowest BCUT2D eigenvalue weighted by Crippen LogP contribution is -1.99. The van der Waals surface area contributed by atoms with Crippen LogP contribution in [0.5, 0.6) is 5.75 Å². The number of nitrogens with zero attached hydrogens (tertiary/aromatic N) is 1. The number of hydrogen-bond donors (Lipinski definition) is 0. The number of benzene rings is 1. The molecule has 1 heterocycles. The van der Waals surface area contributed by atoms with E-state index in [4.69, 9.17) is 4.74 Å². The van der Waals surface area contributed by atoms with E-state index in [1.807, 2.05) is 6.07 Å². The molecule has 1 aromatic heterocycles. The van der Waals surface area contributed by atoms with Crippen LogP contribution in [0.3, 0.4) is 0 Å². The fourth-order valence-corrected chi connectivity index (χ4v) is 1.74. The first-order valence-corrected chi connectivity index (χ1v) is 6.14. The van der Waals surface area contributed by atoms with Gasteiger partial charge in [-0.2, -0.15) is 0 Å². The summed E-state index contributed by atoms with van der Waals surface area (Å²) in [7, 11) is 0. The minimum atomic E-state index is -0.281. The summed E-state index contributed by atoms with van der Waals surface area (Å²) >= 11 is 0. The molecule has 0 saturated heterocycles. The first-order valence-electron chi connectivity index (χ1n) is 6.14. The Morgan fingerprint density at radius 2 is 2.11 bits per heavy atom. The van der Waals surface area contributed by atoms with Crippen LogP contribution in [0.15, 0.2) is 42.7 Å². The molecule has 0 atom stereocenters. The van der Waals surface area contributed by atoms with Crippen molar-refractivity contribution in [2.45, 2.75) is 19.8 Å². The van der Waals surface area contributed by atoms with Crippen molar-refractivity contribution in [3.8, 4) is 16.9 Å². The maximum absolute atomic E-state index is 13.9. The number of unbranched alkanes of at least 4 members (excludes halogenated alkanes) is 1. The Labute approximate surface area is 106 Å². The SMILES string of the molecule is CCCCOc1cccc(F)c1-c1cccnc1. The molecule has 2 nitrogen and oxygen atoms in total. The molecule has 0 saturated carbocycles. The molecule has 94 valence electrons. The number of aromatic nitrogens is 1. The third-order valence-electron chi connectivity index (χ3n) is 2.68. The maximum Gasteiger partial charge on any atom is 0.134 e. The van der Waals surface area contributed by atoms with Gasteiger partial charge in [-0.15, -0.1) is 0 Å². The zero-order valence-electron chi connectivity index (χ0n) is 10.4. The highest BCUT2D eigenvalue weighted by Crippen LogP contribution is 2.32. The summed E-state index contributed by atoms with van der Waals surface area (Å²) in [5.41, 5.74) is 1.23. The Kier molecular flexibility index (Phi) is 4.29. The lowest BCUT2D eigenvalue weighted by molar-refractivity contribution is 0.309. The Balaban J connectivity index is 2.33. The summed E-state index contributed by atoms with van der Waals surface area (Å²) in [5, 5.41) is 0. The van der Waals surface area contributed by atoms with Crippen molar-refractivity contribution in [1.82, 2.24) is 4.98 Å². The fraction of sp³-hybridized carbons (Fsp3) is 0.267. The minimum absolute atomic E-state index is 0.281. The largest absolute Gasteiger partial charge is 0.493 e. The third-order valence-corrected chi connectivity index (χ3v) is 2.68. The average Bonchev–Trinajstić information content (AvgIpc) is 2.40. The van der Waals surface area contributed by atoms with Crippen molar-refractivity contribution in [2.24, 2.45) is 0 Å². The highest BCUT2D eigenvalue weighted by molar-refractivity contribution is 5.70. The smallest absolute Gasteiger partial charge is 0.134 e. The molecule has 0 fully saturated rings. The van der Waals surface area contributed by atoms with Crippen LogP contribution in [-0.4, -0.2) is 11.6 Å².